The van der Waals surface area contributed by atoms with E-state index in [1.807, 2.05) is 30.5 Å². The molecular weight excluding hydrogens is 375 g/mol. The van der Waals surface area contributed by atoms with Crippen molar-refractivity contribution in [3.8, 4) is 11.4 Å². The maximum atomic E-state index is 6.19. The Morgan fingerprint density at radius 2 is 1.48 bits per heavy atom. The average molecular weight is 391 g/mol. The Labute approximate surface area is 168 Å². The predicted molar refractivity (Wildman–Crippen MR) is 110 cm³/mol. The smallest absolute Gasteiger partial charge is 0.141 e. The normalized spacial score (nSPS) is 17.6. The lowest BCUT2D eigenvalue weighted by Crippen LogP contribution is -2.35. The third kappa shape index (κ3) is 2.52. The zero-order valence-electron chi connectivity index (χ0n) is 14.4. The van der Waals surface area contributed by atoms with Crippen LogP contribution in [0.15, 0.2) is 85.2 Å². The fourth-order valence-corrected chi connectivity index (χ4v) is 4.43. The second-order valence-corrected chi connectivity index (χ2v) is 7.71. The molecule has 132 valence electrons. The molecular formula is C23H16Cl2N2. The van der Waals surface area contributed by atoms with E-state index in [-0.39, 0.29) is 5.54 Å². The van der Waals surface area contributed by atoms with Gasteiger partial charge in [-0.25, -0.2) is 4.98 Å². The third-order valence-corrected chi connectivity index (χ3v) is 5.86. The SMILES string of the molecule is Clc1ccc(CC2(c3ccc(Cl)cc3)c3ccccc3-c3nccn32)cc1. The van der Waals surface area contributed by atoms with Gasteiger partial charge in [0.1, 0.15) is 11.4 Å². The standard InChI is InChI=1S/C23H16Cl2N2/c24-18-9-5-16(6-10-18)15-23(17-7-11-19(25)12-8-17)21-4-2-1-3-20(21)22-26-13-14-27(22)23/h1-14H,15H2. The molecule has 0 bridgehead atoms. The van der Waals surface area contributed by atoms with Gasteiger partial charge in [0, 0.05) is 34.4 Å². The number of nitrogens with zero attached hydrogens (tertiary/aromatic N) is 2. The van der Waals surface area contributed by atoms with Crippen molar-refractivity contribution in [1.29, 1.82) is 0 Å². The molecule has 0 radical (unpaired) electrons. The largest absolute Gasteiger partial charge is 0.316 e. The van der Waals surface area contributed by atoms with E-state index < -0.39 is 0 Å². The van der Waals surface area contributed by atoms with Gasteiger partial charge in [0.05, 0.1) is 0 Å². The number of halogens is 2. The lowest BCUT2D eigenvalue weighted by Gasteiger charge is -2.34. The highest BCUT2D eigenvalue weighted by molar-refractivity contribution is 6.30. The first-order chi connectivity index (χ1) is 13.2. The maximum absolute atomic E-state index is 6.19. The number of hydrogen-bond acceptors (Lipinski definition) is 1. The van der Waals surface area contributed by atoms with E-state index in [2.05, 4.69) is 64.3 Å². The molecule has 3 aromatic carbocycles. The topological polar surface area (TPSA) is 17.8 Å². The molecule has 2 nitrogen and oxygen atoms in total. The van der Waals surface area contributed by atoms with Crippen LogP contribution in [0.5, 0.6) is 0 Å². The van der Waals surface area contributed by atoms with Crippen molar-refractivity contribution < 1.29 is 0 Å². The molecule has 0 spiro atoms. The van der Waals surface area contributed by atoms with E-state index in [0.29, 0.717) is 0 Å². The monoisotopic (exact) mass is 390 g/mol. The fraction of sp³-hybridized carbons (Fsp3) is 0.0870. The van der Waals surface area contributed by atoms with Gasteiger partial charge in [0.2, 0.25) is 0 Å². The van der Waals surface area contributed by atoms with E-state index in [9.17, 15) is 0 Å². The van der Waals surface area contributed by atoms with Crippen molar-refractivity contribution in [2.24, 2.45) is 0 Å². The maximum Gasteiger partial charge on any atom is 0.141 e. The van der Waals surface area contributed by atoms with Gasteiger partial charge in [-0.2, -0.15) is 0 Å². The molecule has 4 heteroatoms. The van der Waals surface area contributed by atoms with E-state index in [0.717, 1.165) is 22.3 Å². The van der Waals surface area contributed by atoms with Crippen LogP contribution in [0.3, 0.4) is 0 Å². The van der Waals surface area contributed by atoms with Gasteiger partial charge >= 0.3 is 0 Å². The highest BCUT2D eigenvalue weighted by Gasteiger charge is 2.44. The molecule has 4 aromatic rings. The quantitative estimate of drug-likeness (QED) is 0.406. The van der Waals surface area contributed by atoms with Crippen LogP contribution >= 0.6 is 23.2 Å². The Morgan fingerprint density at radius 3 is 2.22 bits per heavy atom. The van der Waals surface area contributed by atoms with E-state index in [4.69, 9.17) is 23.2 Å². The number of rotatable bonds is 3. The van der Waals surface area contributed by atoms with E-state index >= 15 is 0 Å². The summed E-state index contributed by atoms with van der Waals surface area (Å²) >= 11 is 12.3. The molecule has 0 saturated heterocycles. The number of hydrogen-bond donors (Lipinski definition) is 0. The summed E-state index contributed by atoms with van der Waals surface area (Å²) < 4.78 is 2.29. The van der Waals surface area contributed by atoms with Crippen molar-refractivity contribution in [2.75, 3.05) is 0 Å². The molecule has 0 fully saturated rings. The second-order valence-electron chi connectivity index (χ2n) is 6.84. The number of benzene rings is 3. The van der Waals surface area contributed by atoms with Crippen LogP contribution < -0.4 is 0 Å². The van der Waals surface area contributed by atoms with Gasteiger partial charge in [-0.1, -0.05) is 71.7 Å². The van der Waals surface area contributed by atoms with Crippen LogP contribution in [0.1, 0.15) is 16.7 Å². The number of fused-ring (bicyclic) bond motifs is 3. The van der Waals surface area contributed by atoms with Crippen molar-refractivity contribution in [3.05, 3.63) is 112 Å². The Balaban J connectivity index is 1.79. The minimum Gasteiger partial charge on any atom is -0.316 e. The summed E-state index contributed by atoms with van der Waals surface area (Å²) in [6.45, 7) is 0. The summed E-state index contributed by atoms with van der Waals surface area (Å²) in [6, 6.07) is 24.7. The van der Waals surface area contributed by atoms with E-state index in [1.54, 1.807) is 0 Å². The first-order valence-electron chi connectivity index (χ1n) is 8.83. The summed E-state index contributed by atoms with van der Waals surface area (Å²) in [5.74, 6) is 0.995. The molecule has 1 unspecified atom stereocenters. The first-order valence-corrected chi connectivity index (χ1v) is 9.58. The lowest BCUT2D eigenvalue weighted by atomic mass is 9.78. The fourth-order valence-electron chi connectivity index (χ4n) is 4.18. The van der Waals surface area contributed by atoms with Gasteiger partial charge in [-0.3, -0.25) is 0 Å². The van der Waals surface area contributed by atoms with Crippen LogP contribution in [0.4, 0.5) is 0 Å². The van der Waals surface area contributed by atoms with Crippen molar-refractivity contribution in [1.82, 2.24) is 9.55 Å². The molecule has 2 heterocycles. The molecule has 0 amide bonds. The van der Waals surface area contributed by atoms with Crippen LogP contribution in [0.2, 0.25) is 10.0 Å². The van der Waals surface area contributed by atoms with Crippen LogP contribution in [-0.4, -0.2) is 9.55 Å². The molecule has 5 rings (SSSR count). The Kier molecular flexibility index (Phi) is 3.85. The second kappa shape index (κ2) is 6.26. The minimum atomic E-state index is -0.374. The summed E-state index contributed by atoms with van der Waals surface area (Å²) in [5.41, 5.74) is 4.45. The van der Waals surface area contributed by atoms with Crippen LogP contribution in [0, 0.1) is 0 Å². The zero-order chi connectivity index (χ0) is 18.4. The highest BCUT2D eigenvalue weighted by Crippen LogP contribution is 2.48. The third-order valence-electron chi connectivity index (χ3n) is 5.36. The van der Waals surface area contributed by atoms with Crippen molar-refractivity contribution in [2.45, 2.75) is 12.0 Å². The summed E-state index contributed by atoms with van der Waals surface area (Å²) in [5, 5.41) is 1.48. The van der Waals surface area contributed by atoms with Crippen LogP contribution in [0.25, 0.3) is 11.4 Å². The highest BCUT2D eigenvalue weighted by atomic mass is 35.5. The average Bonchev–Trinajstić information content (AvgIpc) is 3.27. The first kappa shape index (κ1) is 16.6. The van der Waals surface area contributed by atoms with Crippen molar-refractivity contribution in [3.63, 3.8) is 0 Å². The molecule has 27 heavy (non-hydrogen) atoms. The van der Waals surface area contributed by atoms with Crippen LogP contribution in [-0.2, 0) is 12.0 Å². The van der Waals surface area contributed by atoms with Gasteiger partial charge in [-0.15, -0.1) is 0 Å². The molecule has 0 N–H and O–H groups in total. The molecule has 0 aliphatic carbocycles. The summed E-state index contributed by atoms with van der Waals surface area (Å²) in [7, 11) is 0. The zero-order valence-corrected chi connectivity index (χ0v) is 16.0. The summed E-state index contributed by atoms with van der Waals surface area (Å²) in [4.78, 5) is 4.65. The predicted octanol–water partition coefficient (Wildman–Crippen LogP) is 6.20. The molecule has 1 aromatic heterocycles. The Hall–Kier alpha value is -2.55. The van der Waals surface area contributed by atoms with Gasteiger partial charge in [0.25, 0.3) is 0 Å². The molecule has 0 saturated carbocycles. The molecule has 1 aliphatic rings. The Bertz CT molecular complexity index is 1110. The lowest BCUT2D eigenvalue weighted by molar-refractivity contribution is 0.450. The minimum absolute atomic E-state index is 0.374. The van der Waals surface area contributed by atoms with Gasteiger partial charge in [-0.05, 0) is 41.0 Å². The van der Waals surface area contributed by atoms with Crippen molar-refractivity contribution >= 4 is 23.2 Å². The van der Waals surface area contributed by atoms with E-state index in [1.165, 1.54) is 22.3 Å². The Morgan fingerprint density at radius 1 is 0.815 bits per heavy atom. The van der Waals surface area contributed by atoms with Gasteiger partial charge in [0.15, 0.2) is 0 Å². The summed E-state index contributed by atoms with van der Waals surface area (Å²) in [6.07, 6.45) is 4.74. The molecule has 1 atom stereocenters. The molecule has 1 aliphatic heterocycles. The van der Waals surface area contributed by atoms with Gasteiger partial charge < -0.3 is 4.57 Å². The number of imidazole rings is 1. The number of aromatic nitrogens is 2.